The van der Waals surface area contributed by atoms with Gasteiger partial charge >= 0.3 is 0 Å². The van der Waals surface area contributed by atoms with Crippen molar-refractivity contribution >= 4 is 22.4 Å². The van der Waals surface area contributed by atoms with E-state index in [1.54, 1.807) is 20.8 Å². The number of hydrogen-bond acceptors (Lipinski definition) is 3. The Morgan fingerprint density at radius 3 is 2.44 bits per heavy atom. The highest BCUT2D eigenvalue weighted by atomic mass is 35.5. The molecular formula is C11H18ClFN2O2S. The Morgan fingerprint density at radius 2 is 1.94 bits per heavy atom. The molecule has 0 spiro atoms. The molecule has 1 aromatic carbocycles. The van der Waals surface area contributed by atoms with Crippen LogP contribution in [0, 0.1) is 12.7 Å². The van der Waals surface area contributed by atoms with Gasteiger partial charge in [0.05, 0.1) is 0 Å². The second kappa shape index (κ2) is 5.97. The molecule has 18 heavy (non-hydrogen) atoms. The van der Waals surface area contributed by atoms with Crippen molar-refractivity contribution in [3.8, 4) is 0 Å². The highest BCUT2D eigenvalue weighted by Gasteiger charge is 2.27. The van der Waals surface area contributed by atoms with Crippen molar-refractivity contribution in [2.75, 3.05) is 6.54 Å². The maximum Gasteiger partial charge on any atom is 0.244 e. The molecule has 1 aromatic rings. The summed E-state index contributed by atoms with van der Waals surface area (Å²) >= 11 is 0. The Morgan fingerprint density at radius 1 is 1.39 bits per heavy atom. The van der Waals surface area contributed by atoms with Crippen molar-refractivity contribution in [3.05, 3.63) is 29.6 Å². The first-order chi connectivity index (χ1) is 7.68. The van der Waals surface area contributed by atoms with E-state index in [9.17, 15) is 12.8 Å². The number of rotatable bonds is 4. The highest BCUT2D eigenvalue weighted by molar-refractivity contribution is 7.89. The summed E-state index contributed by atoms with van der Waals surface area (Å²) in [5, 5.41) is 0. The van der Waals surface area contributed by atoms with Gasteiger partial charge in [0, 0.05) is 12.1 Å². The van der Waals surface area contributed by atoms with E-state index in [4.69, 9.17) is 5.73 Å². The fourth-order valence-corrected chi connectivity index (χ4v) is 2.86. The average Bonchev–Trinajstić information content (AvgIpc) is 2.20. The van der Waals surface area contributed by atoms with E-state index in [0.717, 1.165) is 6.07 Å². The zero-order valence-electron chi connectivity index (χ0n) is 10.5. The number of hydrogen-bond donors (Lipinski definition) is 2. The predicted molar refractivity (Wildman–Crippen MR) is 71.8 cm³/mol. The molecule has 4 nitrogen and oxygen atoms in total. The number of halogens is 2. The molecule has 104 valence electrons. The van der Waals surface area contributed by atoms with Crippen molar-refractivity contribution < 1.29 is 12.8 Å². The molecule has 0 fully saturated rings. The summed E-state index contributed by atoms with van der Waals surface area (Å²) in [5.74, 6) is -0.768. The Balaban J connectivity index is 0.00000289. The minimum absolute atomic E-state index is 0. The van der Waals surface area contributed by atoms with Crippen LogP contribution in [-0.4, -0.2) is 20.5 Å². The second-order valence-corrected chi connectivity index (χ2v) is 6.28. The van der Waals surface area contributed by atoms with Gasteiger partial charge < -0.3 is 5.73 Å². The van der Waals surface area contributed by atoms with E-state index in [2.05, 4.69) is 4.72 Å². The van der Waals surface area contributed by atoms with Crippen LogP contribution in [0.4, 0.5) is 4.39 Å². The first kappa shape index (κ1) is 17.3. The number of aryl methyl sites for hydroxylation is 1. The topological polar surface area (TPSA) is 72.2 Å². The van der Waals surface area contributed by atoms with Crippen LogP contribution in [0.5, 0.6) is 0 Å². The van der Waals surface area contributed by atoms with Gasteiger partial charge in [0.25, 0.3) is 0 Å². The first-order valence-electron chi connectivity index (χ1n) is 5.18. The molecule has 0 bridgehead atoms. The molecule has 0 aliphatic heterocycles. The molecular weight excluding hydrogens is 279 g/mol. The van der Waals surface area contributed by atoms with E-state index >= 15 is 0 Å². The summed E-state index contributed by atoms with van der Waals surface area (Å²) in [7, 11) is -3.89. The van der Waals surface area contributed by atoms with Gasteiger partial charge in [0.15, 0.2) is 0 Å². The molecule has 0 saturated heterocycles. The SMILES string of the molecule is Cc1ccc(F)c(S(=O)(=O)NC(C)(C)CN)c1.Cl. The van der Waals surface area contributed by atoms with Crippen molar-refractivity contribution in [2.24, 2.45) is 5.73 Å². The van der Waals surface area contributed by atoms with Crippen molar-refractivity contribution in [2.45, 2.75) is 31.2 Å². The summed E-state index contributed by atoms with van der Waals surface area (Å²) in [6.07, 6.45) is 0. The third-order valence-electron chi connectivity index (χ3n) is 2.30. The van der Waals surface area contributed by atoms with Crippen molar-refractivity contribution in [3.63, 3.8) is 0 Å². The zero-order chi connectivity index (χ0) is 13.3. The van der Waals surface area contributed by atoms with E-state index in [1.165, 1.54) is 12.1 Å². The van der Waals surface area contributed by atoms with Gasteiger partial charge in [-0.2, -0.15) is 0 Å². The molecule has 0 aliphatic rings. The largest absolute Gasteiger partial charge is 0.329 e. The Labute approximate surface area is 113 Å². The molecule has 0 saturated carbocycles. The first-order valence-corrected chi connectivity index (χ1v) is 6.66. The third kappa shape index (κ3) is 4.20. The minimum Gasteiger partial charge on any atom is -0.329 e. The van der Waals surface area contributed by atoms with Crippen molar-refractivity contribution in [1.82, 2.24) is 4.72 Å². The molecule has 0 aromatic heterocycles. The third-order valence-corrected chi connectivity index (χ3v) is 4.01. The van der Waals surface area contributed by atoms with E-state index in [1.807, 2.05) is 0 Å². The normalized spacial score (nSPS) is 12.1. The lowest BCUT2D eigenvalue weighted by Gasteiger charge is -2.24. The molecule has 0 aliphatic carbocycles. The fraction of sp³-hybridized carbons (Fsp3) is 0.455. The van der Waals surface area contributed by atoms with Crippen LogP contribution in [0.25, 0.3) is 0 Å². The van der Waals surface area contributed by atoms with Crippen LogP contribution in [0.2, 0.25) is 0 Å². The van der Waals surface area contributed by atoms with Gasteiger partial charge in [-0.15, -0.1) is 12.4 Å². The molecule has 0 amide bonds. The fourth-order valence-electron chi connectivity index (χ4n) is 1.28. The summed E-state index contributed by atoms with van der Waals surface area (Å²) in [6.45, 7) is 5.10. The predicted octanol–water partition coefficient (Wildman–Crippen LogP) is 1.57. The van der Waals surface area contributed by atoms with Crippen LogP contribution in [0.1, 0.15) is 19.4 Å². The van der Waals surface area contributed by atoms with Crippen LogP contribution < -0.4 is 10.5 Å². The molecule has 0 radical (unpaired) electrons. The monoisotopic (exact) mass is 296 g/mol. The standard InChI is InChI=1S/C11H17FN2O2S.ClH/c1-8-4-5-9(12)10(6-8)17(15,16)14-11(2,3)7-13;/h4-6,14H,7,13H2,1-3H3;1H. The van der Waals surface area contributed by atoms with Gasteiger partial charge in [-0.1, -0.05) is 6.07 Å². The smallest absolute Gasteiger partial charge is 0.244 e. The Hall–Kier alpha value is -0.690. The molecule has 0 heterocycles. The van der Waals surface area contributed by atoms with Gasteiger partial charge in [0.1, 0.15) is 10.7 Å². The lowest BCUT2D eigenvalue weighted by atomic mass is 10.1. The maximum atomic E-state index is 13.5. The second-order valence-electron chi connectivity index (χ2n) is 4.63. The number of benzene rings is 1. The molecule has 1 rings (SSSR count). The minimum atomic E-state index is -3.89. The van der Waals surface area contributed by atoms with Crippen LogP contribution >= 0.6 is 12.4 Å². The summed E-state index contributed by atoms with van der Waals surface area (Å²) < 4.78 is 39.8. The van der Waals surface area contributed by atoms with Crippen LogP contribution in [0.15, 0.2) is 23.1 Å². The highest BCUT2D eigenvalue weighted by Crippen LogP contribution is 2.17. The van der Waals surface area contributed by atoms with Gasteiger partial charge in [-0.05, 0) is 38.5 Å². The Bertz CT molecular complexity index is 518. The molecule has 0 atom stereocenters. The van der Waals surface area contributed by atoms with Crippen molar-refractivity contribution in [1.29, 1.82) is 0 Å². The van der Waals surface area contributed by atoms with E-state index in [-0.39, 0.29) is 23.8 Å². The van der Waals surface area contributed by atoms with E-state index in [0.29, 0.717) is 5.56 Å². The summed E-state index contributed by atoms with van der Waals surface area (Å²) in [4.78, 5) is -0.348. The molecule has 7 heteroatoms. The summed E-state index contributed by atoms with van der Waals surface area (Å²) in [6, 6.07) is 3.95. The lowest BCUT2D eigenvalue weighted by Crippen LogP contribution is -2.48. The van der Waals surface area contributed by atoms with Gasteiger partial charge in [-0.25, -0.2) is 17.5 Å². The number of nitrogens with one attached hydrogen (secondary N) is 1. The number of nitrogens with two attached hydrogens (primary N) is 1. The molecule has 3 N–H and O–H groups in total. The summed E-state index contributed by atoms with van der Waals surface area (Å²) in [5.41, 5.74) is 5.31. The van der Waals surface area contributed by atoms with E-state index < -0.39 is 21.4 Å². The van der Waals surface area contributed by atoms with Crippen LogP contribution in [-0.2, 0) is 10.0 Å². The average molecular weight is 297 g/mol. The van der Waals surface area contributed by atoms with Gasteiger partial charge in [0.2, 0.25) is 10.0 Å². The maximum absolute atomic E-state index is 13.5. The van der Waals surface area contributed by atoms with Gasteiger partial charge in [-0.3, -0.25) is 0 Å². The number of sulfonamides is 1. The lowest BCUT2D eigenvalue weighted by molar-refractivity contribution is 0.459. The zero-order valence-corrected chi connectivity index (χ0v) is 12.2. The quantitative estimate of drug-likeness (QED) is 0.886. The molecule has 0 unspecified atom stereocenters. The Kier molecular flexibility index (Phi) is 5.74. The van der Waals surface area contributed by atoms with Crippen LogP contribution in [0.3, 0.4) is 0 Å².